The van der Waals surface area contributed by atoms with Gasteiger partial charge in [0.15, 0.2) is 0 Å². The summed E-state index contributed by atoms with van der Waals surface area (Å²) in [5, 5.41) is 11.8. The number of carbonyl (C=O) groups is 1. The molecule has 1 unspecified atom stereocenters. The van der Waals surface area contributed by atoms with Gasteiger partial charge in [0, 0.05) is 24.6 Å². The molecular weight excluding hydrogens is 240 g/mol. The zero-order valence-electron chi connectivity index (χ0n) is 11.7. The van der Waals surface area contributed by atoms with Crippen LogP contribution in [0.15, 0.2) is 30.3 Å². The maximum atomic E-state index is 11.8. The molecule has 1 atom stereocenters. The van der Waals surface area contributed by atoms with Crippen LogP contribution >= 0.6 is 0 Å². The second kappa shape index (κ2) is 7.26. The molecule has 0 aliphatic carbocycles. The third-order valence-corrected chi connectivity index (χ3v) is 3.12. The quantitative estimate of drug-likeness (QED) is 0.702. The Labute approximate surface area is 115 Å². The second-order valence-corrected chi connectivity index (χ2v) is 5.46. The van der Waals surface area contributed by atoms with Gasteiger partial charge in [-0.3, -0.25) is 4.79 Å². The van der Waals surface area contributed by atoms with Crippen LogP contribution in [0.4, 0.5) is 0 Å². The molecule has 4 nitrogen and oxygen atoms in total. The largest absolute Gasteiger partial charge is 0.396 e. The van der Waals surface area contributed by atoms with Gasteiger partial charge in [-0.25, -0.2) is 0 Å². The minimum atomic E-state index is -0.372. The molecule has 106 valence electrons. The van der Waals surface area contributed by atoms with E-state index in [1.807, 2.05) is 44.2 Å². The predicted octanol–water partition coefficient (Wildman–Crippen LogP) is 1.74. The Kier molecular flexibility index (Phi) is 5.99. The van der Waals surface area contributed by atoms with Crippen molar-refractivity contribution in [3.05, 3.63) is 35.9 Å². The number of hydrogen-bond acceptors (Lipinski definition) is 3. The third kappa shape index (κ3) is 5.85. The first-order valence-corrected chi connectivity index (χ1v) is 6.67. The number of benzene rings is 1. The Balaban J connectivity index is 2.38. The van der Waals surface area contributed by atoms with Crippen LogP contribution in [-0.2, 0) is 4.79 Å². The van der Waals surface area contributed by atoms with E-state index in [4.69, 9.17) is 10.8 Å². The second-order valence-electron chi connectivity index (χ2n) is 5.46. The monoisotopic (exact) mass is 264 g/mol. The van der Waals surface area contributed by atoms with E-state index in [2.05, 4.69) is 5.32 Å². The average molecular weight is 264 g/mol. The molecule has 4 N–H and O–H groups in total. The van der Waals surface area contributed by atoms with E-state index < -0.39 is 0 Å². The summed E-state index contributed by atoms with van der Waals surface area (Å²) in [5.74, 6) is -0.0233. The van der Waals surface area contributed by atoms with E-state index in [1.165, 1.54) is 0 Å². The molecule has 0 saturated heterocycles. The topological polar surface area (TPSA) is 75.3 Å². The Bertz CT molecular complexity index is 390. The third-order valence-electron chi connectivity index (χ3n) is 3.12. The molecule has 1 amide bonds. The van der Waals surface area contributed by atoms with E-state index in [1.54, 1.807) is 0 Å². The Morgan fingerprint density at radius 3 is 2.58 bits per heavy atom. The number of hydrogen-bond donors (Lipinski definition) is 3. The van der Waals surface area contributed by atoms with Gasteiger partial charge in [0.2, 0.25) is 5.91 Å². The Morgan fingerprint density at radius 1 is 1.37 bits per heavy atom. The highest BCUT2D eigenvalue weighted by atomic mass is 16.3. The lowest BCUT2D eigenvalue weighted by molar-refractivity contribution is -0.123. The summed E-state index contributed by atoms with van der Waals surface area (Å²) < 4.78 is 0. The number of rotatable bonds is 7. The van der Waals surface area contributed by atoms with Crippen molar-refractivity contribution in [2.75, 3.05) is 6.61 Å². The fourth-order valence-electron chi connectivity index (χ4n) is 1.94. The number of nitrogens with one attached hydrogen (secondary N) is 1. The van der Waals surface area contributed by atoms with Crippen molar-refractivity contribution < 1.29 is 9.90 Å². The molecule has 0 aromatic heterocycles. The molecule has 0 heterocycles. The zero-order chi connectivity index (χ0) is 14.3. The van der Waals surface area contributed by atoms with Crippen LogP contribution < -0.4 is 11.1 Å². The minimum absolute atomic E-state index is 0.0233. The van der Waals surface area contributed by atoms with Crippen molar-refractivity contribution in [1.29, 1.82) is 0 Å². The molecule has 0 aliphatic heterocycles. The van der Waals surface area contributed by atoms with Crippen LogP contribution in [0.3, 0.4) is 0 Å². The molecule has 4 heteroatoms. The molecule has 0 radical (unpaired) electrons. The van der Waals surface area contributed by atoms with Crippen LogP contribution in [0, 0.1) is 0 Å². The molecule has 0 fully saturated rings. The lowest BCUT2D eigenvalue weighted by atomic mass is 9.99. The first-order chi connectivity index (χ1) is 8.94. The van der Waals surface area contributed by atoms with Crippen molar-refractivity contribution in [1.82, 2.24) is 5.32 Å². The summed E-state index contributed by atoms with van der Waals surface area (Å²) in [6.07, 6.45) is 1.56. The molecule has 19 heavy (non-hydrogen) atoms. The lowest BCUT2D eigenvalue weighted by Gasteiger charge is -2.25. The van der Waals surface area contributed by atoms with Gasteiger partial charge in [-0.2, -0.15) is 0 Å². The van der Waals surface area contributed by atoms with E-state index >= 15 is 0 Å². The van der Waals surface area contributed by atoms with Crippen molar-refractivity contribution in [3.63, 3.8) is 0 Å². The molecule has 1 aromatic rings. The summed E-state index contributed by atoms with van der Waals surface area (Å²) in [4.78, 5) is 11.8. The molecular formula is C15H24N2O2. The number of carbonyl (C=O) groups excluding carboxylic acids is 1. The summed E-state index contributed by atoms with van der Waals surface area (Å²) in [6, 6.07) is 9.66. The molecule has 0 aliphatic rings. The maximum Gasteiger partial charge on any atom is 0.220 e. The summed E-state index contributed by atoms with van der Waals surface area (Å²) >= 11 is 0. The number of aliphatic hydroxyl groups excluding tert-OH is 1. The van der Waals surface area contributed by atoms with Gasteiger partial charge >= 0.3 is 0 Å². The smallest absolute Gasteiger partial charge is 0.220 e. The fraction of sp³-hybridized carbons (Fsp3) is 0.533. The zero-order valence-corrected chi connectivity index (χ0v) is 11.7. The maximum absolute atomic E-state index is 11.8. The lowest BCUT2D eigenvalue weighted by Crippen LogP contribution is -2.44. The number of amides is 1. The summed E-state index contributed by atoms with van der Waals surface area (Å²) in [7, 11) is 0. The normalized spacial score (nSPS) is 13.1. The standard InChI is InChI=1S/C15H24N2O2/c1-15(2,10-11-18)17-14(19)9-8-13(16)12-6-4-3-5-7-12/h3-7,13,18H,8-11,16H2,1-2H3,(H,17,19). The average Bonchev–Trinajstić information content (AvgIpc) is 2.36. The number of nitrogens with two attached hydrogens (primary N) is 1. The van der Waals surface area contributed by atoms with Crippen LogP contribution in [0.2, 0.25) is 0 Å². The predicted molar refractivity (Wildman–Crippen MR) is 76.5 cm³/mol. The molecule has 0 bridgehead atoms. The van der Waals surface area contributed by atoms with Crippen molar-refractivity contribution in [3.8, 4) is 0 Å². The van der Waals surface area contributed by atoms with Gasteiger partial charge in [-0.1, -0.05) is 30.3 Å². The highest BCUT2D eigenvalue weighted by Crippen LogP contribution is 2.15. The van der Waals surface area contributed by atoms with Gasteiger partial charge in [0.05, 0.1) is 0 Å². The van der Waals surface area contributed by atoms with Crippen LogP contribution in [0.1, 0.15) is 44.7 Å². The molecule has 1 aromatic carbocycles. The molecule has 0 spiro atoms. The Morgan fingerprint density at radius 2 is 2.00 bits per heavy atom. The van der Waals surface area contributed by atoms with E-state index in [9.17, 15) is 4.79 Å². The first kappa shape index (κ1) is 15.7. The highest BCUT2D eigenvalue weighted by Gasteiger charge is 2.19. The SMILES string of the molecule is CC(C)(CCO)NC(=O)CCC(N)c1ccccc1. The molecule has 0 saturated carbocycles. The van der Waals surface area contributed by atoms with Crippen molar-refractivity contribution in [2.45, 2.75) is 44.7 Å². The van der Waals surface area contributed by atoms with Crippen molar-refractivity contribution >= 4 is 5.91 Å². The van der Waals surface area contributed by atoms with Crippen LogP contribution in [-0.4, -0.2) is 23.2 Å². The first-order valence-electron chi connectivity index (χ1n) is 6.67. The summed E-state index contributed by atoms with van der Waals surface area (Å²) in [6.45, 7) is 3.87. The summed E-state index contributed by atoms with van der Waals surface area (Å²) in [5.41, 5.74) is 6.72. The van der Waals surface area contributed by atoms with Gasteiger partial charge in [-0.15, -0.1) is 0 Å². The number of aliphatic hydroxyl groups is 1. The van der Waals surface area contributed by atoms with Crippen LogP contribution in [0.25, 0.3) is 0 Å². The molecule has 1 rings (SSSR count). The fourth-order valence-corrected chi connectivity index (χ4v) is 1.94. The van der Waals surface area contributed by atoms with Gasteiger partial charge < -0.3 is 16.2 Å². The highest BCUT2D eigenvalue weighted by molar-refractivity contribution is 5.76. The van der Waals surface area contributed by atoms with Gasteiger partial charge in [0.25, 0.3) is 0 Å². The van der Waals surface area contributed by atoms with Crippen molar-refractivity contribution in [2.24, 2.45) is 5.73 Å². The minimum Gasteiger partial charge on any atom is -0.396 e. The van der Waals surface area contributed by atoms with Gasteiger partial charge in [0.1, 0.15) is 0 Å². The van der Waals surface area contributed by atoms with E-state index in [0.717, 1.165) is 5.56 Å². The van der Waals surface area contributed by atoms with E-state index in [-0.39, 0.29) is 24.1 Å². The van der Waals surface area contributed by atoms with Gasteiger partial charge in [-0.05, 0) is 32.3 Å². The van der Waals surface area contributed by atoms with E-state index in [0.29, 0.717) is 19.3 Å². The Hall–Kier alpha value is -1.39. The van der Waals surface area contributed by atoms with Crippen LogP contribution in [0.5, 0.6) is 0 Å².